The predicted octanol–water partition coefficient (Wildman–Crippen LogP) is 8.52. The van der Waals surface area contributed by atoms with E-state index in [0.29, 0.717) is 62.7 Å². The van der Waals surface area contributed by atoms with Crippen LogP contribution in [0.3, 0.4) is 0 Å². The maximum atomic E-state index is 15.5. The highest BCUT2D eigenvalue weighted by Gasteiger charge is 2.18. The summed E-state index contributed by atoms with van der Waals surface area (Å²) >= 11 is 0. The third kappa shape index (κ3) is 7.16. The van der Waals surface area contributed by atoms with Gasteiger partial charge in [0.25, 0.3) is 5.91 Å². The largest absolute Gasteiger partial charge is 0.497 e. The lowest BCUT2D eigenvalue weighted by molar-refractivity contribution is 0.102. The smallest absolute Gasteiger partial charge is 0.256 e. The molecule has 0 bridgehead atoms. The first kappa shape index (κ1) is 32.8. The minimum Gasteiger partial charge on any atom is -0.497 e. The first-order valence-electron chi connectivity index (χ1n) is 16.6. The van der Waals surface area contributed by atoms with E-state index in [0.717, 1.165) is 31.6 Å². The number of aromatic nitrogens is 2. The lowest BCUT2D eigenvalue weighted by atomic mass is 10.0. The second-order valence-electron chi connectivity index (χ2n) is 12.1. The number of nitrogens with zero attached hydrogens (tertiary/aromatic N) is 3. The fourth-order valence-electron chi connectivity index (χ4n) is 6.24. The Kier molecular flexibility index (Phi) is 9.70. The number of benzene rings is 4. The Balaban J connectivity index is 1.09. The van der Waals surface area contributed by atoms with Crippen LogP contribution in [0, 0.1) is 5.82 Å². The molecule has 1 saturated heterocycles. The van der Waals surface area contributed by atoms with E-state index in [9.17, 15) is 4.79 Å². The van der Waals surface area contributed by atoms with Gasteiger partial charge >= 0.3 is 0 Å². The number of pyridine rings is 2. The van der Waals surface area contributed by atoms with Gasteiger partial charge in [0.1, 0.15) is 11.5 Å². The maximum absolute atomic E-state index is 15.5. The van der Waals surface area contributed by atoms with Gasteiger partial charge in [-0.15, -0.1) is 0 Å². The second kappa shape index (κ2) is 14.8. The number of methoxy groups -OCH3 is 2. The molecule has 1 N–H and O–H groups in total. The molecule has 2 aromatic heterocycles. The Hall–Kier alpha value is -5.74. The van der Waals surface area contributed by atoms with Crippen molar-refractivity contribution in [3.8, 4) is 40.0 Å². The van der Waals surface area contributed by atoms with E-state index >= 15 is 4.39 Å². The molecule has 0 saturated carbocycles. The van der Waals surface area contributed by atoms with E-state index in [1.165, 1.54) is 25.0 Å². The van der Waals surface area contributed by atoms with Crippen molar-refractivity contribution in [3.05, 3.63) is 109 Å². The zero-order chi connectivity index (χ0) is 34.5. The van der Waals surface area contributed by atoms with E-state index in [4.69, 9.17) is 23.9 Å². The fourth-order valence-corrected chi connectivity index (χ4v) is 6.24. The summed E-state index contributed by atoms with van der Waals surface area (Å²) in [7, 11) is 3.18. The molecule has 0 aliphatic carbocycles. The van der Waals surface area contributed by atoms with Crippen molar-refractivity contribution < 1.29 is 28.1 Å². The molecular formula is C40H37FN4O5. The number of likely N-dealkylation sites (tertiary alicyclic amines) is 1. The summed E-state index contributed by atoms with van der Waals surface area (Å²) in [5.74, 6) is 1.15. The molecule has 3 heterocycles. The average Bonchev–Trinajstić information content (AvgIpc) is 3.67. The van der Waals surface area contributed by atoms with Gasteiger partial charge in [-0.3, -0.25) is 9.78 Å². The van der Waals surface area contributed by atoms with E-state index < -0.39 is 11.7 Å². The summed E-state index contributed by atoms with van der Waals surface area (Å²) in [5, 5.41) is 4.16. The summed E-state index contributed by atoms with van der Waals surface area (Å²) in [6, 6.07) is 26.2. The molecule has 0 unspecified atom stereocenters. The van der Waals surface area contributed by atoms with Gasteiger partial charge < -0.3 is 29.2 Å². The Morgan fingerprint density at radius 3 is 2.50 bits per heavy atom. The van der Waals surface area contributed by atoms with E-state index in [2.05, 4.69) is 15.2 Å². The number of nitrogens with one attached hydrogen (secondary N) is 1. The molecule has 0 radical (unpaired) electrons. The molecule has 0 spiro atoms. The van der Waals surface area contributed by atoms with Gasteiger partial charge in [-0.2, -0.15) is 0 Å². The van der Waals surface area contributed by atoms with Crippen LogP contribution in [-0.2, 0) is 0 Å². The van der Waals surface area contributed by atoms with Crippen LogP contribution in [0.1, 0.15) is 29.6 Å². The number of amides is 1. The minimum absolute atomic E-state index is 0.00798. The predicted molar refractivity (Wildman–Crippen MR) is 192 cm³/mol. The topological polar surface area (TPSA) is 95.0 Å². The standard InChI is InChI=1S/C40H37FN4O5/c1-47-28-10-7-9-26(21-28)34-23-30(29-11-3-4-12-33(29)44-34)40(46)43-27-13-14-37(32(41)22-27)50-36-15-16-42-35-25-39(38(48-2)24-31(35)36)49-20-8-19-45-17-5-6-18-45/h3-4,7,9-16,21-25H,5-6,8,17-20H2,1-2H3,(H,43,46). The van der Waals surface area contributed by atoms with E-state index in [1.807, 2.05) is 54.6 Å². The second-order valence-corrected chi connectivity index (χ2v) is 12.1. The molecule has 1 aliphatic heterocycles. The molecule has 254 valence electrons. The molecule has 0 atom stereocenters. The number of halogens is 1. The molecule has 4 aromatic carbocycles. The lowest BCUT2D eigenvalue weighted by Gasteiger charge is -2.16. The molecule has 1 fully saturated rings. The highest BCUT2D eigenvalue weighted by Crippen LogP contribution is 2.38. The normalized spacial score (nSPS) is 13.0. The molecule has 9 nitrogen and oxygen atoms in total. The van der Waals surface area contributed by atoms with Crippen LogP contribution < -0.4 is 24.3 Å². The van der Waals surface area contributed by atoms with Crippen LogP contribution in [0.4, 0.5) is 10.1 Å². The van der Waals surface area contributed by atoms with Gasteiger partial charge in [0.15, 0.2) is 23.1 Å². The van der Waals surface area contributed by atoms with Gasteiger partial charge in [0.05, 0.1) is 43.1 Å². The number of para-hydroxylation sites is 1. The molecule has 10 heteroatoms. The highest BCUT2D eigenvalue weighted by atomic mass is 19.1. The zero-order valence-electron chi connectivity index (χ0n) is 27.9. The number of anilines is 1. The molecule has 6 aromatic rings. The van der Waals surface area contributed by atoms with Crippen LogP contribution in [0.5, 0.6) is 28.7 Å². The number of rotatable bonds is 12. The van der Waals surface area contributed by atoms with Gasteiger partial charge in [-0.1, -0.05) is 30.3 Å². The summed E-state index contributed by atoms with van der Waals surface area (Å²) in [6.07, 6.45) is 5.04. The number of fused-ring (bicyclic) bond motifs is 2. The lowest BCUT2D eigenvalue weighted by Crippen LogP contribution is -2.21. The van der Waals surface area contributed by atoms with Crippen LogP contribution in [-0.4, -0.2) is 61.2 Å². The summed E-state index contributed by atoms with van der Waals surface area (Å²) in [5.41, 5.74) is 3.37. The Bertz CT molecular complexity index is 2170. The number of ether oxygens (including phenoxy) is 4. The maximum Gasteiger partial charge on any atom is 0.256 e. The highest BCUT2D eigenvalue weighted by molar-refractivity contribution is 6.13. The molecule has 50 heavy (non-hydrogen) atoms. The van der Waals surface area contributed by atoms with Gasteiger partial charge in [0, 0.05) is 46.9 Å². The quantitative estimate of drug-likeness (QED) is 0.129. The van der Waals surface area contributed by atoms with Crippen LogP contribution in [0.15, 0.2) is 97.2 Å². The Morgan fingerprint density at radius 1 is 0.820 bits per heavy atom. The third-order valence-electron chi connectivity index (χ3n) is 8.80. The van der Waals surface area contributed by atoms with Gasteiger partial charge in [-0.25, -0.2) is 9.37 Å². The van der Waals surface area contributed by atoms with Gasteiger partial charge in [-0.05, 0) is 80.9 Å². The first-order valence-corrected chi connectivity index (χ1v) is 16.6. The SMILES string of the molecule is COc1cccc(-c2cc(C(=O)Nc3ccc(Oc4ccnc5cc(OCCCN6CCCC6)c(OC)cc45)c(F)c3)c3ccccc3n2)c1. The van der Waals surface area contributed by atoms with Crippen molar-refractivity contribution in [3.63, 3.8) is 0 Å². The van der Waals surface area contributed by atoms with Crippen molar-refractivity contribution in [2.24, 2.45) is 0 Å². The first-order chi connectivity index (χ1) is 24.5. The van der Waals surface area contributed by atoms with Gasteiger partial charge in [0.2, 0.25) is 0 Å². The minimum atomic E-state index is -0.644. The number of carbonyl (C=O) groups excluding carboxylic acids is 1. The van der Waals surface area contributed by atoms with Crippen molar-refractivity contribution >= 4 is 33.4 Å². The van der Waals surface area contributed by atoms with Crippen LogP contribution in [0.2, 0.25) is 0 Å². The van der Waals surface area contributed by atoms with Crippen LogP contribution in [0.25, 0.3) is 33.1 Å². The Morgan fingerprint density at radius 2 is 1.68 bits per heavy atom. The fraction of sp³-hybridized carbons (Fsp3) is 0.225. The molecule has 7 rings (SSSR count). The summed E-state index contributed by atoms with van der Waals surface area (Å²) in [6.45, 7) is 3.87. The van der Waals surface area contributed by atoms with E-state index in [1.54, 1.807) is 44.7 Å². The van der Waals surface area contributed by atoms with Crippen molar-refractivity contribution in [1.82, 2.24) is 14.9 Å². The number of carbonyl (C=O) groups is 1. The number of hydrogen-bond donors (Lipinski definition) is 1. The third-order valence-corrected chi connectivity index (χ3v) is 8.80. The average molecular weight is 673 g/mol. The van der Waals surface area contributed by atoms with Crippen molar-refractivity contribution in [2.75, 3.05) is 45.8 Å². The monoisotopic (exact) mass is 672 g/mol. The van der Waals surface area contributed by atoms with Crippen LogP contribution >= 0.6 is 0 Å². The van der Waals surface area contributed by atoms with Crippen molar-refractivity contribution in [2.45, 2.75) is 19.3 Å². The molecule has 1 aliphatic rings. The molecular weight excluding hydrogens is 635 g/mol. The van der Waals surface area contributed by atoms with E-state index in [-0.39, 0.29) is 11.4 Å². The van der Waals surface area contributed by atoms with Crippen molar-refractivity contribution in [1.29, 1.82) is 0 Å². The summed E-state index contributed by atoms with van der Waals surface area (Å²) in [4.78, 5) is 25.4. The number of hydrogen-bond acceptors (Lipinski definition) is 8. The summed E-state index contributed by atoms with van der Waals surface area (Å²) < 4.78 is 38.7. The Labute approximate surface area is 289 Å². The zero-order valence-corrected chi connectivity index (χ0v) is 27.9. The molecule has 1 amide bonds.